The Morgan fingerprint density at radius 2 is 2.00 bits per heavy atom. The molecule has 1 aliphatic rings. The lowest BCUT2D eigenvalue weighted by atomic mass is 9.83. The van der Waals surface area contributed by atoms with E-state index in [1.54, 1.807) is 12.1 Å². The normalized spacial score (nSPS) is 19.1. The summed E-state index contributed by atoms with van der Waals surface area (Å²) in [6.07, 6.45) is 5.98. The molecule has 1 atom stereocenters. The van der Waals surface area contributed by atoms with Gasteiger partial charge in [0.1, 0.15) is 5.82 Å². The summed E-state index contributed by atoms with van der Waals surface area (Å²) >= 11 is 3.51. The van der Waals surface area contributed by atoms with Crippen molar-refractivity contribution >= 4 is 15.9 Å². The van der Waals surface area contributed by atoms with Crippen molar-refractivity contribution in [1.82, 2.24) is 10.2 Å². The molecule has 1 aromatic carbocycles. The fraction of sp³-hybridized carbons (Fsp3) is 0.647. The summed E-state index contributed by atoms with van der Waals surface area (Å²) in [6.45, 7) is 3.12. The third kappa shape index (κ3) is 3.66. The minimum Gasteiger partial charge on any atom is -0.312 e. The number of hydrogen-bond donors (Lipinski definition) is 1. The molecule has 1 aromatic rings. The number of nitrogens with one attached hydrogen (secondary N) is 1. The highest BCUT2D eigenvalue weighted by atomic mass is 79.9. The molecule has 4 heteroatoms. The van der Waals surface area contributed by atoms with Gasteiger partial charge in [0, 0.05) is 16.1 Å². The maximum Gasteiger partial charge on any atom is 0.124 e. The quantitative estimate of drug-likeness (QED) is 0.828. The number of likely N-dealkylation sites (N-methyl/N-ethyl adjacent to an activating group) is 2. The SMILES string of the molecule is CCNC(Cc1ccc(F)cc1Br)C1(N(C)C)CCCC1. The molecule has 1 unspecified atom stereocenters. The smallest absolute Gasteiger partial charge is 0.124 e. The Labute approximate surface area is 136 Å². The van der Waals surface area contributed by atoms with Crippen LogP contribution in [-0.4, -0.2) is 37.1 Å². The molecule has 1 N–H and O–H groups in total. The van der Waals surface area contributed by atoms with Gasteiger partial charge in [-0.05, 0) is 57.6 Å². The van der Waals surface area contributed by atoms with E-state index < -0.39 is 0 Å². The van der Waals surface area contributed by atoms with Gasteiger partial charge < -0.3 is 10.2 Å². The van der Waals surface area contributed by atoms with Gasteiger partial charge in [-0.1, -0.05) is 41.8 Å². The molecule has 0 amide bonds. The molecule has 0 bridgehead atoms. The van der Waals surface area contributed by atoms with Crippen molar-refractivity contribution in [3.63, 3.8) is 0 Å². The average Bonchev–Trinajstić information content (AvgIpc) is 2.91. The Balaban J connectivity index is 2.26. The van der Waals surface area contributed by atoms with Gasteiger partial charge >= 0.3 is 0 Å². The summed E-state index contributed by atoms with van der Waals surface area (Å²) in [4.78, 5) is 2.39. The first-order valence-corrected chi connectivity index (χ1v) is 8.63. The van der Waals surface area contributed by atoms with Crippen molar-refractivity contribution in [1.29, 1.82) is 0 Å². The van der Waals surface area contributed by atoms with E-state index in [1.807, 2.05) is 6.07 Å². The van der Waals surface area contributed by atoms with Crippen molar-refractivity contribution in [3.05, 3.63) is 34.1 Å². The molecular weight excluding hydrogens is 331 g/mol. The van der Waals surface area contributed by atoms with E-state index in [4.69, 9.17) is 0 Å². The monoisotopic (exact) mass is 356 g/mol. The van der Waals surface area contributed by atoms with Crippen LogP contribution in [0.2, 0.25) is 0 Å². The van der Waals surface area contributed by atoms with Gasteiger partial charge in [0.05, 0.1) is 0 Å². The topological polar surface area (TPSA) is 15.3 Å². The summed E-state index contributed by atoms with van der Waals surface area (Å²) in [7, 11) is 4.38. The first-order chi connectivity index (χ1) is 9.99. The van der Waals surface area contributed by atoms with E-state index >= 15 is 0 Å². The predicted molar refractivity (Wildman–Crippen MR) is 90.2 cm³/mol. The highest BCUT2D eigenvalue weighted by Gasteiger charge is 2.42. The van der Waals surface area contributed by atoms with E-state index in [-0.39, 0.29) is 11.4 Å². The fourth-order valence-electron chi connectivity index (χ4n) is 3.70. The number of halogens is 2. The van der Waals surface area contributed by atoms with E-state index in [2.05, 4.69) is 47.2 Å². The largest absolute Gasteiger partial charge is 0.312 e. The van der Waals surface area contributed by atoms with E-state index in [0.29, 0.717) is 6.04 Å². The molecule has 0 radical (unpaired) electrons. The van der Waals surface area contributed by atoms with Crippen LogP contribution in [0.3, 0.4) is 0 Å². The van der Waals surface area contributed by atoms with Gasteiger partial charge in [0.2, 0.25) is 0 Å². The Kier molecular flexibility index (Phi) is 5.81. The lowest BCUT2D eigenvalue weighted by molar-refractivity contribution is 0.105. The molecule has 2 rings (SSSR count). The maximum absolute atomic E-state index is 13.3. The Morgan fingerprint density at radius 3 is 2.52 bits per heavy atom. The van der Waals surface area contributed by atoms with Gasteiger partial charge in [-0.2, -0.15) is 0 Å². The molecule has 2 nitrogen and oxygen atoms in total. The third-order valence-corrected chi connectivity index (χ3v) is 5.64. The zero-order chi connectivity index (χ0) is 15.5. The van der Waals surface area contributed by atoms with E-state index in [9.17, 15) is 4.39 Å². The summed E-state index contributed by atoms with van der Waals surface area (Å²) in [5.41, 5.74) is 1.39. The number of rotatable bonds is 6. The van der Waals surface area contributed by atoms with Crippen molar-refractivity contribution in [3.8, 4) is 0 Å². The summed E-state index contributed by atoms with van der Waals surface area (Å²) in [5.74, 6) is -0.186. The second-order valence-corrected chi connectivity index (χ2v) is 7.11. The number of benzene rings is 1. The van der Waals surface area contributed by atoms with Crippen LogP contribution in [0.1, 0.15) is 38.2 Å². The van der Waals surface area contributed by atoms with Crippen LogP contribution in [0.4, 0.5) is 4.39 Å². The average molecular weight is 357 g/mol. The molecule has 0 saturated heterocycles. The molecule has 0 spiro atoms. The zero-order valence-corrected chi connectivity index (χ0v) is 14.8. The Morgan fingerprint density at radius 1 is 1.33 bits per heavy atom. The first kappa shape index (κ1) is 16.9. The number of hydrogen-bond acceptors (Lipinski definition) is 2. The van der Waals surface area contributed by atoms with Crippen molar-refractivity contribution in [2.75, 3.05) is 20.6 Å². The molecule has 118 valence electrons. The summed E-state index contributed by atoms with van der Waals surface area (Å²) in [5, 5.41) is 3.68. The minimum absolute atomic E-state index is 0.186. The summed E-state index contributed by atoms with van der Waals surface area (Å²) < 4.78 is 14.2. The van der Waals surface area contributed by atoms with Gasteiger partial charge in [-0.15, -0.1) is 0 Å². The lowest BCUT2D eigenvalue weighted by Gasteiger charge is -2.44. The van der Waals surface area contributed by atoms with Gasteiger partial charge in [0.25, 0.3) is 0 Å². The minimum atomic E-state index is -0.186. The molecule has 1 fully saturated rings. The van der Waals surface area contributed by atoms with Crippen LogP contribution in [-0.2, 0) is 6.42 Å². The third-order valence-electron chi connectivity index (χ3n) is 4.90. The van der Waals surface area contributed by atoms with Crippen molar-refractivity contribution < 1.29 is 4.39 Å². The molecule has 1 aliphatic carbocycles. The Bertz CT molecular complexity index is 470. The zero-order valence-electron chi connectivity index (χ0n) is 13.3. The maximum atomic E-state index is 13.3. The fourth-order valence-corrected chi connectivity index (χ4v) is 4.21. The van der Waals surface area contributed by atoms with Crippen LogP contribution in [0.15, 0.2) is 22.7 Å². The lowest BCUT2D eigenvalue weighted by Crippen LogP contribution is -2.58. The van der Waals surface area contributed by atoms with Gasteiger partial charge in [-0.25, -0.2) is 4.39 Å². The van der Waals surface area contributed by atoms with Crippen LogP contribution >= 0.6 is 15.9 Å². The highest BCUT2D eigenvalue weighted by molar-refractivity contribution is 9.10. The summed E-state index contributed by atoms with van der Waals surface area (Å²) in [6, 6.07) is 5.42. The second-order valence-electron chi connectivity index (χ2n) is 6.26. The van der Waals surface area contributed by atoms with Gasteiger partial charge in [-0.3, -0.25) is 0 Å². The molecule has 0 heterocycles. The van der Waals surface area contributed by atoms with Crippen molar-refractivity contribution in [2.45, 2.75) is 50.6 Å². The molecular formula is C17H26BrFN2. The second kappa shape index (κ2) is 7.21. The van der Waals surface area contributed by atoms with Crippen molar-refractivity contribution in [2.24, 2.45) is 0 Å². The van der Waals surface area contributed by atoms with E-state index in [1.165, 1.54) is 31.2 Å². The van der Waals surface area contributed by atoms with E-state index in [0.717, 1.165) is 17.4 Å². The van der Waals surface area contributed by atoms with Crippen LogP contribution in [0.25, 0.3) is 0 Å². The predicted octanol–water partition coefficient (Wildman–Crippen LogP) is 3.98. The first-order valence-electron chi connectivity index (χ1n) is 7.84. The standard InChI is InChI=1S/C17H26BrFN2/c1-4-20-16(17(21(2)3)9-5-6-10-17)11-13-7-8-14(19)12-15(13)18/h7-8,12,16,20H,4-6,9-11H2,1-3H3. The Hall–Kier alpha value is -0.450. The molecule has 1 saturated carbocycles. The highest BCUT2D eigenvalue weighted by Crippen LogP contribution is 2.38. The molecule has 0 aromatic heterocycles. The molecule has 0 aliphatic heterocycles. The van der Waals surface area contributed by atoms with Crippen LogP contribution in [0, 0.1) is 5.82 Å². The van der Waals surface area contributed by atoms with Gasteiger partial charge in [0.15, 0.2) is 0 Å². The number of nitrogens with zero attached hydrogens (tertiary/aromatic N) is 1. The molecule has 21 heavy (non-hydrogen) atoms. The van der Waals surface area contributed by atoms with Crippen LogP contribution < -0.4 is 5.32 Å². The van der Waals surface area contributed by atoms with Crippen LogP contribution in [0.5, 0.6) is 0 Å².